The maximum atomic E-state index is 13.1. The lowest BCUT2D eigenvalue weighted by atomic mass is 9.95. The van der Waals surface area contributed by atoms with E-state index < -0.39 is 16.6 Å². The van der Waals surface area contributed by atoms with Crippen molar-refractivity contribution >= 4 is 22.6 Å². The summed E-state index contributed by atoms with van der Waals surface area (Å²) in [5, 5.41) is 0.185. The van der Waals surface area contributed by atoms with Gasteiger partial charge in [0.15, 0.2) is 16.6 Å². The van der Waals surface area contributed by atoms with Gasteiger partial charge >= 0.3 is 5.97 Å². The van der Waals surface area contributed by atoms with Gasteiger partial charge in [0.1, 0.15) is 25.8 Å². The molecule has 0 aliphatic carbocycles. The van der Waals surface area contributed by atoms with Gasteiger partial charge in [0.2, 0.25) is 0 Å². The third-order valence-corrected chi connectivity index (χ3v) is 19.5. The van der Waals surface area contributed by atoms with Crippen LogP contribution in [0.5, 0.6) is 0 Å². The Morgan fingerprint density at radius 1 is 0.923 bits per heavy atom. The molecule has 10 heteroatoms. The Hall–Kier alpha value is -1.64. The number of methoxy groups -OCH3 is 2. The average molecular weight is 765 g/mol. The molecule has 5 atom stereocenters. The molecule has 1 rings (SSSR count). The van der Waals surface area contributed by atoms with Crippen LogP contribution in [0.1, 0.15) is 101 Å². The van der Waals surface area contributed by atoms with Gasteiger partial charge in [-0.15, -0.1) is 0 Å². The first-order chi connectivity index (χ1) is 24.1. The highest BCUT2D eigenvalue weighted by Gasteiger charge is 2.41. The molecule has 0 spiro atoms. The number of hydrogen-bond acceptors (Lipinski definition) is 8. The normalized spacial score (nSPS) is 25.9. The van der Waals surface area contributed by atoms with Gasteiger partial charge in [-0.1, -0.05) is 102 Å². The molecule has 1 aliphatic heterocycles. The van der Waals surface area contributed by atoms with Crippen molar-refractivity contribution in [1.82, 2.24) is 0 Å². The SMILES string of the molecule is COCOC1C=CC(OCOC)[C@@H](O[Si](C)(C)C(C)(C)C)CC/C=C/C=C(/C)CC([C@H](C)/C=C(\C)CO[Si](C)(C)C(C)(C)C)OC(=O)/C=C/CCC1. The lowest BCUT2D eigenvalue weighted by Gasteiger charge is -2.41. The molecule has 8 nitrogen and oxygen atoms in total. The fourth-order valence-corrected chi connectivity index (χ4v) is 7.52. The summed E-state index contributed by atoms with van der Waals surface area (Å²) in [4.78, 5) is 13.1. The third-order valence-electron chi connectivity index (χ3n) is 10.6. The summed E-state index contributed by atoms with van der Waals surface area (Å²) in [5.74, 6) is -0.315. The van der Waals surface area contributed by atoms with Crippen LogP contribution in [0.3, 0.4) is 0 Å². The largest absolute Gasteiger partial charge is 0.458 e. The Morgan fingerprint density at radius 2 is 1.56 bits per heavy atom. The molecule has 0 aromatic rings. The highest BCUT2D eigenvalue weighted by Crippen LogP contribution is 2.39. The molecule has 0 amide bonds. The van der Waals surface area contributed by atoms with Gasteiger partial charge < -0.3 is 32.5 Å². The van der Waals surface area contributed by atoms with Gasteiger partial charge in [-0.2, -0.15) is 0 Å². The number of allylic oxidation sites excluding steroid dienone is 4. The fraction of sp³-hybridized carbons (Fsp3) is 0.738. The molecular weight excluding hydrogens is 689 g/mol. The number of hydrogen-bond donors (Lipinski definition) is 0. The molecular formula is C42H76O8Si2. The molecule has 0 saturated heterocycles. The van der Waals surface area contributed by atoms with E-state index in [2.05, 4.69) is 125 Å². The standard InChI is InChI=1S/C42H76O8Si2/c1-33-22-18-16-20-24-38(50-52(14,15)42(7,8)9)37(47-32-45-11)27-26-36(46-31-44-10)23-19-17-21-25-40(43)49-39(29-33)35(3)28-34(2)30-48-51(12,13)41(4,5)6/h16,18,21-22,25-28,35-39H,17,19-20,23-24,29-32H2,1-15H3/b18-16+,25-21+,27-26?,33-22-,34-28+/t35-,36?,37?,38+,39?/m1/s1. The molecule has 52 heavy (non-hydrogen) atoms. The minimum Gasteiger partial charge on any atom is -0.458 e. The van der Waals surface area contributed by atoms with Crippen LogP contribution in [0.25, 0.3) is 0 Å². The van der Waals surface area contributed by atoms with E-state index in [0.29, 0.717) is 19.4 Å². The molecule has 0 N–H and O–H groups in total. The van der Waals surface area contributed by atoms with E-state index in [1.54, 1.807) is 20.3 Å². The van der Waals surface area contributed by atoms with Gasteiger partial charge in [-0.3, -0.25) is 0 Å². The van der Waals surface area contributed by atoms with Crippen molar-refractivity contribution in [2.24, 2.45) is 5.92 Å². The minimum atomic E-state index is -2.13. The predicted molar refractivity (Wildman–Crippen MR) is 220 cm³/mol. The van der Waals surface area contributed by atoms with Crippen LogP contribution in [0.2, 0.25) is 36.3 Å². The zero-order chi connectivity index (χ0) is 39.6. The molecule has 0 saturated carbocycles. The van der Waals surface area contributed by atoms with Crippen LogP contribution in [0.15, 0.2) is 59.8 Å². The Kier molecular flexibility index (Phi) is 21.7. The highest BCUT2D eigenvalue weighted by molar-refractivity contribution is 6.74. The molecule has 0 aromatic heterocycles. The fourth-order valence-electron chi connectivity index (χ4n) is 5.13. The number of cyclic esters (lactones) is 1. The predicted octanol–water partition coefficient (Wildman–Crippen LogP) is 10.8. The van der Waals surface area contributed by atoms with Gasteiger partial charge in [-0.05, 0) is 82.2 Å². The van der Waals surface area contributed by atoms with Crippen LogP contribution >= 0.6 is 0 Å². The van der Waals surface area contributed by atoms with E-state index in [9.17, 15) is 4.79 Å². The molecule has 0 fully saturated rings. The van der Waals surface area contributed by atoms with Crippen molar-refractivity contribution in [3.63, 3.8) is 0 Å². The summed E-state index contributed by atoms with van der Waals surface area (Å²) in [7, 11) is -0.752. The number of esters is 1. The molecule has 1 heterocycles. The van der Waals surface area contributed by atoms with E-state index in [4.69, 9.17) is 32.5 Å². The Bertz CT molecular complexity index is 1190. The van der Waals surface area contributed by atoms with E-state index in [-0.39, 0.29) is 60.0 Å². The topological polar surface area (TPSA) is 81.7 Å². The van der Waals surface area contributed by atoms with Crippen LogP contribution < -0.4 is 0 Å². The summed E-state index contributed by atoms with van der Waals surface area (Å²) in [6.45, 7) is 29.9. The lowest BCUT2D eigenvalue weighted by Crippen LogP contribution is -2.47. The second-order valence-corrected chi connectivity index (χ2v) is 27.0. The second kappa shape index (κ2) is 23.3. The smallest absolute Gasteiger partial charge is 0.330 e. The number of carbonyl (C=O) groups excluding carboxylic acids is 1. The Labute approximate surface area is 320 Å². The van der Waals surface area contributed by atoms with E-state index in [1.807, 2.05) is 6.08 Å². The average Bonchev–Trinajstić information content (AvgIpc) is 3.03. The van der Waals surface area contributed by atoms with Gasteiger partial charge in [0.05, 0.1) is 18.8 Å². The van der Waals surface area contributed by atoms with E-state index >= 15 is 0 Å². The second-order valence-electron chi connectivity index (χ2n) is 17.4. The van der Waals surface area contributed by atoms with Gasteiger partial charge in [0, 0.05) is 32.6 Å². The lowest BCUT2D eigenvalue weighted by molar-refractivity contribution is -0.144. The minimum absolute atomic E-state index is 0.00769. The van der Waals surface area contributed by atoms with Crippen molar-refractivity contribution in [2.75, 3.05) is 34.4 Å². The zero-order valence-electron chi connectivity index (χ0n) is 35.6. The molecule has 0 radical (unpaired) electrons. The van der Waals surface area contributed by atoms with Crippen molar-refractivity contribution in [2.45, 2.75) is 162 Å². The first-order valence-corrected chi connectivity index (χ1v) is 25.0. The van der Waals surface area contributed by atoms with Crippen molar-refractivity contribution in [1.29, 1.82) is 0 Å². The first-order valence-electron chi connectivity index (χ1n) is 19.2. The highest BCUT2D eigenvalue weighted by atomic mass is 28.4. The molecule has 0 bridgehead atoms. The maximum Gasteiger partial charge on any atom is 0.330 e. The number of rotatable bonds is 13. The van der Waals surface area contributed by atoms with Gasteiger partial charge in [-0.25, -0.2) is 4.79 Å². The first kappa shape index (κ1) is 48.4. The van der Waals surface area contributed by atoms with Crippen LogP contribution in [0, 0.1) is 5.92 Å². The summed E-state index contributed by atoms with van der Waals surface area (Å²) in [5.41, 5.74) is 2.29. The maximum absolute atomic E-state index is 13.1. The van der Waals surface area contributed by atoms with Crippen LogP contribution in [-0.4, -0.2) is 81.4 Å². The monoisotopic (exact) mass is 765 g/mol. The zero-order valence-corrected chi connectivity index (χ0v) is 37.6. The summed E-state index contributed by atoms with van der Waals surface area (Å²) in [6.07, 6.45) is 19.7. The van der Waals surface area contributed by atoms with Crippen molar-refractivity contribution < 1.29 is 37.3 Å². The number of ether oxygens (including phenoxy) is 5. The van der Waals surface area contributed by atoms with Gasteiger partial charge in [0.25, 0.3) is 0 Å². The molecule has 3 unspecified atom stereocenters. The molecule has 300 valence electrons. The Morgan fingerprint density at radius 3 is 2.17 bits per heavy atom. The summed E-state index contributed by atoms with van der Waals surface area (Å²) < 4.78 is 42.5. The van der Waals surface area contributed by atoms with Crippen molar-refractivity contribution in [3.8, 4) is 0 Å². The molecule has 0 aromatic carbocycles. The number of carbonyl (C=O) groups is 1. The van der Waals surface area contributed by atoms with E-state index in [0.717, 1.165) is 36.8 Å². The Balaban J connectivity index is 3.43. The molecule has 1 aliphatic rings. The van der Waals surface area contributed by atoms with E-state index in [1.165, 1.54) is 0 Å². The summed E-state index contributed by atoms with van der Waals surface area (Å²) in [6, 6.07) is 0. The third kappa shape index (κ3) is 18.6. The van der Waals surface area contributed by atoms with Crippen LogP contribution in [0.4, 0.5) is 0 Å². The quantitative estimate of drug-likeness (QED) is 0.0794. The summed E-state index contributed by atoms with van der Waals surface area (Å²) >= 11 is 0. The van der Waals surface area contributed by atoms with Crippen LogP contribution in [-0.2, 0) is 37.3 Å². The van der Waals surface area contributed by atoms with Crippen molar-refractivity contribution in [3.05, 3.63) is 59.8 Å².